The van der Waals surface area contributed by atoms with Crippen molar-refractivity contribution < 1.29 is 9.53 Å². The second-order valence-corrected chi connectivity index (χ2v) is 5.61. The van der Waals surface area contributed by atoms with Crippen LogP contribution in [0.5, 0.6) is 5.75 Å². The first-order valence-corrected chi connectivity index (χ1v) is 7.49. The largest absolute Gasteiger partial charge is 0.492 e. The van der Waals surface area contributed by atoms with Crippen LogP contribution in [0.2, 0.25) is 0 Å². The van der Waals surface area contributed by atoms with Gasteiger partial charge < -0.3 is 9.64 Å². The molecule has 0 aromatic heterocycles. The molecule has 0 saturated heterocycles. The van der Waals surface area contributed by atoms with Crippen molar-refractivity contribution in [1.82, 2.24) is 4.90 Å². The molecule has 0 heterocycles. The van der Waals surface area contributed by atoms with Crippen molar-refractivity contribution in [2.45, 2.75) is 32.6 Å². The zero-order valence-corrected chi connectivity index (χ0v) is 13.5. The Hall–Kier alpha value is -1.03. The van der Waals surface area contributed by atoms with Gasteiger partial charge in [-0.05, 0) is 40.5 Å². The summed E-state index contributed by atoms with van der Waals surface area (Å²) in [6.45, 7) is 2.91. The molecule has 1 aromatic rings. The first-order chi connectivity index (χ1) is 9.06. The van der Waals surface area contributed by atoms with Crippen molar-refractivity contribution in [2.24, 2.45) is 0 Å². The van der Waals surface area contributed by atoms with Crippen LogP contribution in [-0.4, -0.2) is 31.5 Å². The molecule has 0 aliphatic rings. The van der Waals surface area contributed by atoms with Gasteiger partial charge in [-0.15, -0.1) is 0 Å². The Labute approximate surface area is 124 Å². The summed E-state index contributed by atoms with van der Waals surface area (Å²) < 4.78 is 6.54. The lowest BCUT2D eigenvalue weighted by Crippen LogP contribution is -2.21. The van der Waals surface area contributed by atoms with E-state index in [0.717, 1.165) is 23.2 Å². The highest BCUT2D eigenvalue weighted by Crippen LogP contribution is 2.26. The molecular formula is C15H22BrNO2. The van der Waals surface area contributed by atoms with Crippen molar-refractivity contribution in [3.63, 3.8) is 0 Å². The minimum Gasteiger partial charge on any atom is -0.492 e. The lowest BCUT2D eigenvalue weighted by molar-refractivity contribution is 0.0827. The fraction of sp³-hybridized carbons (Fsp3) is 0.533. The first-order valence-electron chi connectivity index (χ1n) is 6.70. The lowest BCUT2D eigenvalue weighted by Gasteiger charge is -2.12. The topological polar surface area (TPSA) is 29.5 Å². The van der Waals surface area contributed by atoms with Gasteiger partial charge in [0.05, 0.1) is 11.1 Å². The Morgan fingerprint density at radius 3 is 2.58 bits per heavy atom. The van der Waals surface area contributed by atoms with E-state index in [-0.39, 0.29) is 5.91 Å². The van der Waals surface area contributed by atoms with Gasteiger partial charge in [-0.2, -0.15) is 0 Å². The van der Waals surface area contributed by atoms with Crippen molar-refractivity contribution >= 4 is 21.8 Å². The summed E-state index contributed by atoms with van der Waals surface area (Å²) in [5, 5.41) is 0. The number of benzene rings is 1. The highest BCUT2D eigenvalue weighted by atomic mass is 79.9. The van der Waals surface area contributed by atoms with Gasteiger partial charge in [-0.3, -0.25) is 4.79 Å². The number of carbonyl (C=O) groups excluding carboxylic acids is 1. The molecule has 0 saturated carbocycles. The fourth-order valence-electron chi connectivity index (χ4n) is 1.72. The molecule has 0 radical (unpaired) electrons. The van der Waals surface area contributed by atoms with Crippen LogP contribution in [0.25, 0.3) is 0 Å². The van der Waals surface area contributed by atoms with Gasteiger partial charge in [0, 0.05) is 19.7 Å². The van der Waals surface area contributed by atoms with E-state index in [1.165, 1.54) is 19.3 Å². The molecule has 106 valence electrons. The maximum Gasteiger partial charge on any atom is 0.253 e. The quantitative estimate of drug-likeness (QED) is 0.705. The highest BCUT2D eigenvalue weighted by molar-refractivity contribution is 9.10. The molecule has 0 fully saturated rings. The maximum atomic E-state index is 11.8. The molecule has 0 aliphatic heterocycles. The van der Waals surface area contributed by atoms with Crippen molar-refractivity contribution in [3.05, 3.63) is 28.2 Å². The van der Waals surface area contributed by atoms with E-state index in [1.54, 1.807) is 25.1 Å². The van der Waals surface area contributed by atoms with Crippen LogP contribution in [-0.2, 0) is 0 Å². The number of amides is 1. The molecule has 0 atom stereocenters. The lowest BCUT2D eigenvalue weighted by atomic mass is 10.2. The number of halogens is 1. The van der Waals surface area contributed by atoms with E-state index in [1.807, 2.05) is 12.1 Å². The van der Waals surface area contributed by atoms with Crippen LogP contribution in [0.4, 0.5) is 0 Å². The standard InChI is InChI=1S/C15H22BrNO2/c1-4-5-6-7-10-19-14-9-8-12(11-13(14)16)15(18)17(2)3/h8-9,11H,4-7,10H2,1-3H3. The summed E-state index contributed by atoms with van der Waals surface area (Å²) in [4.78, 5) is 13.4. The molecule has 1 amide bonds. The molecule has 19 heavy (non-hydrogen) atoms. The maximum absolute atomic E-state index is 11.8. The normalized spacial score (nSPS) is 10.3. The second-order valence-electron chi connectivity index (χ2n) is 4.75. The SMILES string of the molecule is CCCCCCOc1ccc(C(=O)N(C)C)cc1Br. The van der Waals surface area contributed by atoms with Crippen molar-refractivity contribution in [3.8, 4) is 5.75 Å². The third-order valence-electron chi connectivity index (χ3n) is 2.84. The van der Waals surface area contributed by atoms with Crippen molar-refractivity contribution in [1.29, 1.82) is 0 Å². The molecule has 0 bridgehead atoms. The zero-order valence-electron chi connectivity index (χ0n) is 11.9. The van der Waals surface area contributed by atoms with Crippen LogP contribution in [0, 0.1) is 0 Å². The third-order valence-corrected chi connectivity index (χ3v) is 3.46. The van der Waals surface area contributed by atoms with E-state index in [2.05, 4.69) is 22.9 Å². The third kappa shape index (κ3) is 5.23. The van der Waals surface area contributed by atoms with Gasteiger partial charge in [0.15, 0.2) is 0 Å². The number of unbranched alkanes of at least 4 members (excludes halogenated alkanes) is 3. The van der Waals surface area contributed by atoms with E-state index in [4.69, 9.17) is 4.74 Å². The molecule has 1 rings (SSSR count). The highest BCUT2D eigenvalue weighted by Gasteiger charge is 2.10. The number of ether oxygens (including phenoxy) is 1. The van der Waals surface area contributed by atoms with Crippen LogP contribution >= 0.6 is 15.9 Å². The molecular weight excluding hydrogens is 306 g/mol. The predicted octanol–water partition coefficient (Wildman–Crippen LogP) is 4.11. The zero-order chi connectivity index (χ0) is 14.3. The number of nitrogens with zero attached hydrogens (tertiary/aromatic N) is 1. The summed E-state index contributed by atoms with van der Waals surface area (Å²) in [6, 6.07) is 5.46. The molecule has 4 heteroatoms. The van der Waals surface area contributed by atoms with Gasteiger partial charge in [0.1, 0.15) is 5.75 Å². The number of rotatable bonds is 7. The van der Waals surface area contributed by atoms with E-state index < -0.39 is 0 Å². The molecule has 0 aliphatic carbocycles. The Morgan fingerprint density at radius 1 is 1.26 bits per heavy atom. The number of carbonyl (C=O) groups is 1. The van der Waals surface area contributed by atoms with Gasteiger partial charge in [0.2, 0.25) is 0 Å². The summed E-state index contributed by atoms with van der Waals surface area (Å²) >= 11 is 3.45. The van der Waals surface area contributed by atoms with E-state index in [0.29, 0.717) is 5.56 Å². The molecule has 0 unspecified atom stereocenters. The Morgan fingerprint density at radius 2 is 2.00 bits per heavy atom. The van der Waals surface area contributed by atoms with Gasteiger partial charge in [-0.25, -0.2) is 0 Å². The summed E-state index contributed by atoms with van der Waals surface area (Å²) in [5.74, 6) is 0.794. The van der Waals surface area contributed by atoms with Crippen LogP contribution in [0.15, 0.2) is 22.7 Å². The Bertz CT molecular complexity index is 419. The average Bonchev–Trinajstić information content (AvgIpc) is 2.39. The van der Waals surface area contributed by atoms with Crippen LogP contribution < -0.4 is 4.74 Å². The van der Waals surface area contributed by atoms with E-state index >= 15 is 0 Å². The van der Waals surface area contributed by atoms with E-state index in [9.17, 15) is 4.79 Å². The van der Waals surface area contributed by atoms with Gasteiger partial charge >= 0.3 is 0 Å². The predicted molar refractivity (Wildman–Crippen MR) is 81.8 cm³/mol. The smallest absolute Gasteiger partial charge is 0.253 e. The average molecular weight is 328 g/mol. The number of hydrogen-bond acceptors (Lipinski definition) is 2. The van der Waals surface area contributed by atoms with Crippen molar-refractivity contribution in [2.75, 3.05) is 20.7 Å². The Kier molecular flexibility index (Phi) is 6.92. The molecule has 0 spiro atoms. The molecule has 3 nitrogen and oxygen atoms in total. The van der Waals surface area contributed by atoms with Gasteiger partial charge in [-0.1, -0.05) is 26.2 Å². The minimum absolute atomic E-state index is 0.00445. The summed E-state index contributed by atoms with van der Waals surface area (Å²) in [6.07, 6.45) is 4.75. The molecule has 1 aromatic carbocycles. The monoisotopic (exact) mass is 327 g/mol. The fourth-order valence-corrected chi connectivity index (χ4v) is 2.21. The first kappa shape index (κ1) is 16.0. The Balaban J connectivity index is 2.55. The number of hydrogen-bond donors (Lipinski definition) is 0. The van der Waals surface area contributed by atoms with Crippen LogP contribution in [0.3, 0.4) is 0 Å². The van der Waals surface area contributed by atoms with Crippen LogP contribution in [0.1, 0.15) is 43.0 Å². The summed E-state index contributed by atoms with van der Waals surface area (Å²) in [7, 11) is 3.49. The summed E-state index contributed by atoms with van der Waals surface area (Å²) in [5.41, 5.74) is 0.662. The molecule has 0 N–H and O–H groups in total. The van der Waals surface area contributed by atoms with Gasteiger partial charge in [0.25, 0.3) is 5.91 Å². The second kappa shape index (κ2) is 8.20. The minimum atomic E-state index is -0.00445.